The molecule has 0 saturated heterocycles. The van der Waals surface area contributed by atoms with Crippen LogP contribution in [0.15, 0.2) is 30.3 Å². The summed E-state index contributed by atoms with van der Waals surface area (Å²) in [7, 11) is 0. The molecule has 0 aliphatic rings. The summed E-state index contributed by atoms with van der Waals surface area (Å²) in [5, 5.41) is 13.7. The summed E-state index contributed by atoms with van der Waals surface area (Å²) in [4.78, 5) is 14.2. The van der Waals surface area contributed by atoms with Crippen molar-refractivity contribution in [3.8, 4) is 0 Å². The van der Waals surface area contributed by atoms with E-state index in [4.69, 9.17) is 17.4 Å². The summed E-state index contributed by atoms with van der Waals surface area (Å²) >= 11 is 5.71. The van der Waals surface area contributed by atoms with Crippen molar-refractivity contribution in [3.63, 3.8) is 0 Å². The van der Waals surface area contributed by atoms with Gasteiger partial charge in [-0.15, -0.1) is 0 Å². The number of halogens is 2. The molecule has 104 valence electrons. The van der Waals surface area contributed by atoms with Gasteiger partial charge in [0.05, 0.1) is 4.92 Å². The molecule has 2 aromatic rings. The maximum Gasteiger partial charge on any atom is 0.311 e. The van der Waals surface area contributed by atoms with Crippen LogP contribution in [-0.2, 0) is 0 Å². The second kappa shape index (κ2) is 5.68. The molecule has 0 spiro atoms. The van der Waals surface area contributed by atoms with Crippen LogP contribution in [0.2, 0.25) is 5.02 Å². The zero-order chi connectivity index (χ0) is 14.7. The van der Waals surface area contributed by atoms with Crippen molar-refractivity contribution in [3.05, 3.63) is 51.3 Å². The second-order valence-electron chi connectivity index (χ2n) is 3.75. The number of aromatic nitrogens is 1. The fourth-order valence-electron chi connectivity index (χ4n) is 1.53. The predicted octanol–water partition coefficient (Wildman–Crippen LogP) is 2.81. The highest BCUT2D eigenvalue weighted by Crippen LogP contribution is 2.28. The highest BCUT2D eigenvalue weighted by Gasteiger charge is 2.16. The number of nitrogens with one attached hydrogen (secondary N) is 2. The van der Waals surface area contributed by atoms with E-state index in [0.717, 1.165) is 12.1 Å². The van der Waals surface area contributed by atoms with E-state index < -0.39 is 10.7 Å². The van der Waals surface area contributed by atoms with Gasteiger partial charge in [-0.2, -0.15) is 0 Å². The Kier molecular flexibility index (Phi) is 3.97. The Hall–Kier alpha value is -2.45. The van der Waals surface area contributed by atoms with E-state index in [9.17, 15) is 14.5 Å². The van der Waals surface area contributed by atoms with Crippen LogP contribution in [-0.4, -0.2) is 9.91 Å². The fourth-order valence-corrected chi connectivity index (χ4v) is 1.76. The Morgan fingerprint density at radius 3 is 2.70 bits per heavy atom. The van der Waals surface area contributed by atoms with Gasteiger partial charge in [0, 0.05) is 16.8 Å². The third-order valence-electron chi connectivity index (χ3n) is 2.34. The van der Waals surface area contributed by atoms with Crippen LogP contribution < -0.4 is 16.6 Å². The highest BCUT2D eigenvalue weighted by atomic mass is 35.5. The number of hydrazine groups is 1. The monoisotopic (exact) mass is 297 g/mol. The molecule has 0 amide bonds. The Morgan fingerprint density at radius 1 is 1.35 bits per heavy atom. The predicted molar refractivity (Wildman–Crippen MR) is 73.4 cm³/mol. The lowest BCUT2D eigenvalue weighted by Crippen LogP contribution is -2.10. The highest BCUT2D eigenvalue weighted by molar-refractivity contribution is 6.30. The number of nitro groups is 1. The molecule has 2 rings (SSSR count). The third-order valence-corrected chi connectivity index (χ3v) is 2.56. The molecular formula is C11H9ClFN5O2. The molecule has 1 aromatic heterocycles. The van der Waals surface area contributed by atoms with Gasteiger partial charge in [0.25, 0.3) is 0 Å². The quantitative estimate of drug-likeness (QED) is 0.455. The Bertz CT molecular complexity index is 647. The Balaban J connectivity index is 2.42. The van der Waals surface area contributed by atoms with Crippen molar-refractivity contribution in [2.75, 3.05) is 10.7 Å². The third kappa shape index (κ3) is 3.11. The van der Waals surface area contributed by atoms with Gasteiger partial charge in [-0.3, -0.25) is 10.1 Å². The van der Waals surface area contributed by atoms with Gasteiger partial charge >= 0.3 is 5.69 Å². The number of nitrogen functional groups attached to an aromatic ring is 1. The maximum absolute atomic E-state index is 13.2. The van der Waals surface area contributed by atoms with Crippen molar-refractivity contribution < 1.29 is 9.31 Å². The first-order valence-corrected chi connectivity index (χ1v) is 5.72. The molecule has 0 atom stereocenters. The molecule has 0 aliphatic carbocycles. The molecule has 0 bridgehead atoms. The van der Waals surface area contributed by atoms with Gasteiger partial charge in [0.1, 0.15) is 11.6 Å². The summed E-state index contributed by atoms with van der Waals surface area (Å²) in [6.45, 7) is 0. The van der Waals surface area contributed by atoms with Crippen molar-refractivity contribution in [2.24, 2.45) is 5.84 Å². The van der Waals surface area contributed by atoms with Crippen LogP contribution >= 0.6 is 11.6 Å². The number of anilines is 3. The van der Waals surface area contributed by atoms with Crippen molar-refractivity contribution in [1.82, 2.24) is 4.98 Å². The van der Waals surface area contributed by atoms with Gasteiger partial charge < -0.3 is 10.7 Å². The first-order valence-electron chi connectivity index (χ1n) is 5.35. The minimum Gasteiger partial charge on any atom is -0.334 e. The zero-order valence-corrected chi connectivity index (χ0v) is 10.7. The summed E-state index contributed by atoms with van der Waals surface area (Å²) in [5.74, 6) is 4.77. The molecule has 0 radical (unpaired) electrons. The Labute approximate surface area is 117 Å². The molecular weight excluding hydrogens is 289 g/mol. The van der Waals surface area contributed by atoms with E-state index in [1.165, 1.54) is 18.2 Å². The summed E-state index contributed by atoms with van der Waals surface area (Å²) in [6.07, 6.45) is 0. The number of benzene rings is 1. The lowest BCUT2D eigenvalue weighted by atomic mass is 10.3. The number of nitrogens with two attached hydrogens (primary N) is 1. The molecule has 0 saturated carbocycles. The molecule has 0 unspecified atom stereocenters. The minimum absolute atomic E-state index is 0.0767. The van der Waals surface area contributed by atoms with Gasteiger partial charge in [0.15, 0.2) is 0 Å². The molecule has 1 heterocycles. The SMILES string of the molecule is NNc1ccc([N+](=O)[O-])c(Nc2cc(F)cc(Cl)c2)n1. The topological polar surface area (TPSA) is 106 Å². The first kappa shape index (κ1) is 14.0. The van der Waals surface area contributed by atoms with Crippen molar-refractivity contribution in [2.45, 2.75) is 0 Å². The lowest BCUT2D eigenvalue weighted by Gasteiger charge is -2.08. The van der Waals surface area contributed by atoms with E-state index in [2.05, 4.69) is 15.7 Å². The average molecular weight is 298 g/mol. The van der Waals surface area contributed by atoms with Crippen LogP contribution in [0.3, 0.4) is 0 Å². The van der Waals surface area contributed by atoms with Crippen LogP contribution in [0.25, 0.3) is 0 Å². The van der Waals surface area contributed by atoms with Crippen LogP contribution in [0.5, 0.6) is 0 Å². The van der Waals surface area contributed by atoms with Gasteiger partial charge in [0.2, 0.25) is 5.82 Å². The van der Waals surface area contributed by atoms with Crippen LogP contribution in [0.4, 0.5) is 27.4 Å². The van der Waals surface area contributed by atoms with Gasteiger partial charge in [-0.05, 0) is 24.3 Å². The lowest BCUT2D eigenvalue weighted by molar-refractivity contribution is -0.384. The minimum atomic E-state index is -0.615. The van der Waals surface area contributed by atoms with Crippen molar-refractivity contribution in [1.29, 1.82) is 0 Å². The maximum atomic E-state index is 13.2. The van der Waals surface area contributed by atoms with Gasteiger partial charge in [-0.1, -0.05) is 11.6 Å². The largest absolute Gasteiger partial charge is 0.334 e. The van der Waals surface area contributed by atoms with E-state index in [1.807, 2.05) is 0 Å². The van der Waals surface area contributed by atoms with E-state index in [0.29, 0.717) is 0 Å². The Morgan fingerprint density at radius 2 is 2.10 bits per heavy atom. The van der Waals surface area contributed by atoms with E-state index in [1.54, 1.807) is 0 Å². The fraction of sp³-hybridized carbons (Fsp3) is 0. The van der Waals surface area contributed by atoms with Crippen LogP contribution in [0, 0.1) is 15.9 Å². The summed E-state index contributed by atoms with van der Waals surface area (Å²) < 4.78 is 13.2. The second-order valence-corrected chi connectivity index (χ2v) is 4.19. The standard InChI is InChI=1S/C11H9ClFN5O2/c12-6-3-7(13)5-8(4-6)15-11-9(18(19)20)1-2-10(16-11)17-14/h1-5H,14H2,(H2,15,16,17). The van der Waals surface area contributed by atoms with Crippen molar-refractivity contribution >= 4 is 34.6 Å². The molecule has 0 aliphatic heterocycles. The smallest absolute Gasteiger partial charge is 0.311 e. The molecule has 4 N–H and O–H groups in total. The summed E-state index contributed by atoms with van der Waals surface area (Å²) in [5.41, 5.74) is 2.23. The summed E-state index contributed by atoms with van der Waals surface area (Å²) in [6, 6.07) is 6.25. The number of hydrogen-bond donors (Lipinski definition) is 3. The van der Waals surface area contributed by atoms with E-state index in [-0.39, 0.29) is 28.0 Å². The van der Waals surface area contributed by atoms with Crippen LogP contribution in [0.1, 0.15) is 0 Å². The van der Waals surface area contributed by atoms with Gasteiger partial charge in [-0.25, -0.2) is 15.2 Å². The van der Waals surface area contributed by atoms with E-state index >= 15 is 0 Å². The first-order chi connectivity index (χ1) is 9.49. The number of pyridine rings is 1. The molecule has 20 heavy (non-hydrogen) atoms. The zero-order valence-electron chi connectivity index (χ0n) is 9.93. The average Bonchev–Trinajstić information content (AvgIpc) is 2.37. The molecule has 7 nitrogen and oxygen atoms in total. The number of nitrogens with zero attached hydrogens (tertiary/aromatic N) is 2. The number of hydrogen-bond acceptors (Lipinski definition) is 6. The normalized spacial score (nSPS) is 10.2. The number of rotatable bonds is 4. The molecule has 0 fully saturated rings. The molecule has 1 aromatic carbocycles. The molecule has 9 heteroatoms.